The monoisotopic (exact) mass is 630 g/mol. The van der Waals surface area contributed by atoms with Crippen LogP contribution in [0.25, 0.3) is 32.7 Å². The highest BCUT2D eigenvalue weighted by atomic mass is 16.5. The first kappa shape index (κ1) is 31.4. The molecule has 1 aliphatic carbocycles. The lowest BCUT2D eigenvalue weighted by molar-refractivity contribution is 0.0497. The van der Waals surface area contributed by atoms with Gasteiger partial charge in [0.05, 0.1) is 29.3 Å². The highest BCUT2D eigenvalue weighted by Gasteiger charge is 2.27. The van der Waals surface area contributed by atoms with Crippen molar-refractivity contribution in [3.8, 4) is 11.1 Å². The molecule has 0 N–H and O–H groups in total. The number of hydrazone groups is 1. The Labute approximate surface area is 283 Å². The molecule has 0 unspecified atom stereocenters. The van der Waals surface area contributed by atoms with E-state index in [-0.39, 0.29) is 5.97 Å². The van der Waals surface area contributed by atoms with Crippen LogP contribution in [0.5, 0.6) is 0 Å². The molecule has 0 aliphatic heterocycles. The lowest BCUT2D eigenvalue weighted by Gasteiger charge is -2.22. The van der Waals surface area contributed by atoms with E-state index in [1.165, 1.54) is 49.3 Å². The number of anilines is 2. The molecular weight excluding hydrogens is 588 g/mol. The van der Waals surface area contributed by atoms with Gasteiger partial charge in [-0.15, -0.1) is 0 Å². The van der Waals surface area contributed by atoms with Gasteiger partial charge in [0.1, 0.15) is 0 Å². The minimum absolute atomic E-state index is 0.266. The third kappa shape index (κ3) is 6.75. The third-order valence-electron chi connectivity index (χ3n) is 9.37. The fourth-order valence-corrected chi connectivity index (χ4v) is 6.74. The van der Waals surface area contributed by atoms with E-state index in [0.29, 0.717) is 12.2 Å². The number of rotatable bonds is 13. The van der Waals surface area contributed by atoms with Crippen LogP contribution in [0.2, 0.25) is 0 Å². The number of benzene rings is 6. The lowest BCUT2D eigenvalue weighted by Crippen LogP contribution is -2.14. The van der Waals surface area contributed by atoms with E-state index in [4.69, 9.17) is 9.84 Å². The van der Waals surface area contributed by atoms with Crippen LogP contribution in [-0.2, 0) is 4.74 Å². The molecule has 6 aromatic carbocycles. The largest absolute Gasteiger partial charge is 0.462 e. The molecule has 0 radical (unpaired) electrons. The second kappa shape index (κ2) is 14.7. The predicted molar refractivity (Wildman–Crippen MR) is 200 cm³/mol. The molecule has 7 rings (SSSR count). The van der Waals surface area contributed by atoms with E-state index < -0.39 is 0 Å². The molecule has 0 atom stereocenters. The van der Waals surface area contributed by atoms with Gasteiger partial charge in [0.15, 0.2) is 0 Å². The van der Waals surface area contributed by atoms with E-state index >= 15 is 0 Å². The molecule has 0 saturated heterocycles. The van der Waals surface area contributed by atoms with Crippen LogP contribution in [0.1, 0.15) is 79.8 Å². The highest BCUT2D eigenvalue weighted by Crippen LogP contribution is 2.40. The van der Waals surface area contributed by atoms with Gasteiger partial charge in [-0.05, 0) is 75.5 Å². The molecule has 0 amide bonds. The van der Waals surface area contributed by atoms with Gasteiger partial charge in [0.25, 0.3) is 0 Å². The summed E-state index contributed by atoms with van der Waals surface area (Å²) in [5.41, 5.74) is 7.52. The number of carbonyl (C=O) groups is 1. The van der Waals surface area contributed by atoms with E-state index in [0.717, 1.165) is 63.0 Å². The van der Waals surface area contributed by atoms with E-state index in [9.17, 15) is 4.79 Å². The number of ether oxygens (including phenoxy) is 1. The van der Waals surface area contributed by atoms with Crippen molar-refractivity contribution in [1.82, 2.24) is 0 Å². The van der Waals surface area contributed by atoms with Crippen molar-refractivity contribution in [2.75, 3.05) is 11.6 Å². The van der Waals surface area contributed by atoms with Crippen molar-refractivity contribution in [3.63, 3.8) is 0 Å². The topological polar surface area (TPSA) is 41.9 Å². The van der Waals surface area contributed by atoms with Crippen LogP contribution in [0, 0.1) is 0 Å². The molecule has 48 heavy (non-hydrogen) atoms. The Bertz CT molecular complexity index is 2020. The first-order chi connectivity index (χ1) is 23.7. The number of hydrogen-bond donors (Lipinski definition) is 0. The molecule has 4 nitrogen and oxygen atoms in total. The van der Waals surface area contributed by atoms with E-state index in [2.05, 4.69) is 110 Å². The molecule has 1 aliphatic rings. The van der Waals surface area contributed by atoms with Gasteiger partial charge in [-0.3, -0.25) is 0 Å². The molecule has 0 spiro atoms. The lowest BCUT2D eigenvalue weighted by atomic mass is 10.0. The molecule has 0 fully saturated rings. The molecule has 0 bridgehead atoms. The molecule has 0 aromatic heterocycles. The van der Waals surface area contributed by atoms with Crippen molar-refractivity contribution in [2.24, 2.45) is 5.10 Å². The van der Waals surface area contributed by atoms with Crippen LogP contribution in [0.4, 0.5) is 11.4 Å². The Morgan fingerprint density at radius 1 is 0.542 bits per heavy atom. The highest BCUT2D eigenvalue weighted by molar-refractivity contribution is 6.25. The maximum atomic E-state index is 13.1. The maximum absolute atomic E-state index is 13.1. The van der Waals surface area contributed by atoms with Crippen LogP contribution in [0.3, 0.4) is 0 Å². The summed E-state index contributed by atoms with van der Waals surface area (Å²) >= 11 is 0. The summed E-state index contributed by atoms with van der Waals surface area (Å²) in [7, 11) is 0. The quantitative estimate of drug-likeness (QED) is 0.0723. The summed E-state index contributed by atoms with van der Waals surface area (Å²) in [6, 6.07) is 44.0. The number of nitrogens with zero attached hydrogens (tertiary/aromatic N) is 2. The second-order valence-corrected chi connectivity index (χ2v) is 12.7. The molecule has 0 heterocycles. The first-order valence-electron chi connectivity index (χ1n) is 17.5. The van der Waals surface area contributed by atoms with Crippen molar-refractivity contribution in [1.29, 1.82) is 0 Å². The zero-order valence-corrected chi connectivity index (χ0v) is 27.7. The number of unbranched alkanes of at least 4 members (excludes halogenated alkanes) is 7. The average Bonchev–Trinajstić information content (AvgIpc) is 3.45. The molecule has 0 saturated carbocycles. The Balaban J connectivity index is 1.19. The SMILES string of the molecule is CCCCCCCCCCOC(=O)c1ccc2c(c1)-c1ccccc1/C2=N/N(c1ccc2ccccc2c1)c1ccc2ccccc2c1. The van der Waals surface area contributed by atoms with Gasteiger partial charge in [0, 0.05) is 11.1 Å². The first-order valence-corrected chi connectivity index (χ1v) is 17.5. The Hall–Kier alpha value is -5.22. The zero-order chi connectivity index (χ0) is 32.7. The zero-order valence-electron chi connectivity index (χ0n) is 27.7. The van der Waals surface area contributed by atoms with Gasteiger partial charge in [0.2, 0.25) is 0 Å². The summed E-state index contributed by atoms with van der Waals surface area (Å²) < 4.78 is 5.72. The van der Waals surface area contributed by atoms with Gasteiger partial charge in [-0.2, -0.15) is 5.10 Å². The summed E-state index contributed by atoms with van der Waals surface area (Å²) in [5, 5.41) is 12.2. The summed E-state index contributed by atoms with van der Waals surface area (Å²) in [6.07, 6.45) is 9.69. The van der Waals surface area contributed by atoms with Crippen LogP contribution in [0.15, 0.2) is 132 Å². The minimum atomic E-state index is -0.266. The predicted octanol–water partition coefficient (Wildman–Crippen LogP) is 11.9. The van der Waals surface area contributed by atoms with Crippen LogP contribution in [-0.4, -0.2) is 18.3 Å². The number of fused-ring (bicyclic) bond motifs is 5. The van der Waals surface area contributed by atoms with Crippen molar-refractivity contribution in [3.05, 3.63) is 144 Å². The number of hydrogen-bond acceptors (Lipinski definition) is 4. The van der Waals surface area contributed by atoms with Crippen molar-refractivity contribution in [2.45, 2.75) is 58.3 Å². The second-order valence-electron chi connectivity index (χ2n) is 12.7. The summed E-state index contributed by atoms with van der Waals surface area (Å²) in [5.74, 6) is -0.266. The summed E-state index contributed by atoms with van der Waals surface area (Å²) in [6.45, 7) is 2.70. The number of esters is 1. The van der Waals surface area contributed by atoms with E-state index in [1.54, 1.807) is 0 Å². The van der Waals surface area contributed by atoms with Gasteiger partial charge >= 0.3 is 5.97 Å². The average molecular weight is 631 g/mol. The fourth-order valence-electron chi connectivity index (χ4n) is 6.74. The number of carbonyl (C=O) groups excluding carboxylic acids is 1. The molecule has 6 aromatic rings. The maximum Gasteiger partial charge on any atom is 0.338 e. The standard InChI is InChI=1S/C44H42N2O2/c1-2-3-4-5-6-7-8-15-28-48-44(47)36-24-27-41-42(31-36)39-20-13-14-21-40(39)43(41)45-46(37-25-22-32-16-9-11-18-34(32)29-37)38-26-23-33-17-10-12-19-35(33)30-38/h9-14,16-27,29-31H,2-8,15,28H2,1H3/b45-43-. The van der Waals surface area contributed by atoms with Crippen molar-refractivity contribution >= 4 is 44.6 Å². The normalized spacial score (nSPS) is 12.7. The third-order valence-corrected chi connectivity index (χ3v) is 9.37. The van der Waals surface area contributed by atoms with Crippen LogP contribution < -0.4 is 5.01 Å². The molecular formula is C44H42N2O2. The Morgan fingerprint density at radius 2 is 1.08 bits per heavy atom. The molecule has 4 heteroatoms. The molecule has 240 valence electrons. The van der Waals surface area contributed by atoms with E-state index in [1.807, 2.05) is 29.3 Å². The summed E-state index contributed by atoms with van der Waals surface area (Å²) in [4.78, 5) is 13.1. The van der Waals surface area contributed by atoms with Gasteiger partial charge < -0.3 is 4.74 Å². The minimum Gasteiger partial charge on any atom is -0.462 e. The van der Waals surface area contributed by atoms with Gasteiger partial charge in [-0.1, -0.05) is 143 Å². The Kier molecular flexibility index (Phi) is 9.60. The van der Waals surface area contributed by atoms with Gasteiger partial charge in [-0.25, -0.2) is 9.80 Å². The fraction of sp³-hybridized carbons (Fsp3) is 0.227. The Morgan fingerprint density at radius 3 is 1.73 bits per heavy atom. The smallest absolute Gasteiger partial charge is 0.338 e. The van der Waals surface area contributed by atoms with Crippen molar-refractivity contribution < 1.29 is 9.53 Å². The van der Waals surface area contributed by atoms with Crippen LogP contribution >= 0.6 is 0 Å².